The molecule has 102 valence electrons. The van der Waals surface area contributed by atoms with Crippen LogP contribution in [0.3, 0.4) is 0 Å². The molecule has 0 amide bonds. The van der Waals surface area contributed by atoms with Gasteiger partial charge in [-0.05, 0) is 24.6 Å². The summed E-state index contributed by atoms with van der Waals surface area (Å²) in [6, 6.07) is 3.88. The fraction of sp³-hybridized carbons (Fsp3) is 0.143. The zero-order valence-electron chi connectivity index (χ0n) is 10.7. The minimum atomic E-state index is -0.0200. The zero-order valence-corrected chi connectivity index (χ0v) is 12.3. The van der Waals surface area contributed by atoms with Crippen molar-refractivity contribution >= 4 is 29.0 Å². The summed E-state index contributed by atoms with van der Waals surface area (Å²) in [5.74, 6) is 0. The van der Waals surface area contributed by atoms with Gasteiger partial charge in [0.2, 0.25) is 0 Å². The van der Waals surface area contributed by atoms with E-state index in [1.807, 2.05) is 35.9 Å². The minimum Gasteiger partial charge on any atom is -0.392 e. The molecule has 3 heterocycles. The number of rotatable bonds is 3. The van der Waals surface area contributed by atoms with Gasteiger partial charge in [0.25, 0.3) is 0 Å². The molecule has 4 nitrogen and oxygen atoms in total. The third-order valence-corrected chi connectivity index (χ3v) is 4.65. The maximum Gasteiger partial charge on any atom is 0.156 e. The summed E-state index contributed by atoms with van der Waals surface area (Å²) in [4.78, 5) is 10.4. The van der Waals surface area contributed by atoms with Crippen LogP contribution < -0.4 is 0 Å². The molecular formula is C14H12ClN3OS. The van der Waals surface area contributed by atoms with Gasteiger partial charge in [-0.2, -0.15) is 0 Å². The van der Waals surface area contributed by atoms with Crippen LogP contribution in [0.5, 0.6) is 0 Å². The van der Waals surface area contributed by atoms with Gasteiger partial charge in [-0.25, -0.2) is 4.98 Å². The second-order valence-corrected chi connectivity index (χ2v) is 5.80. The van der Waals surface area contributed by atoms with E-state index in [-0.39, 0.29) is 6.61 Å². The SMILES string of the molecule is Cc1ncc(CO)cc1Sc1ccn2ccnc2c1Cl. The van der Waals surface area contributed by atoms with Gasteiger partial charge in [0.05, 0.1) is 17.3 Å². The van der Waals surface area contributed by atoms with Crippen LogP contribution in [-0.4, -0.2) is 19.5 Å². The number of hydrogen-bond acceptors (Lipinski definition) is 4. The van der Waals surface area contributed by atoms with Crippen LogP contribution in [0.4, 0.5) is 0 Å². The van der Waals surface area contributed by atoms with Crippen LogP contribution in [0.2, 0.25) is 5.02 Å². The van der Waals surface area contributed by atoms with Gasteiger partial charge in [-0.3, -0.25) is 4.98 Å². The molecule has 0 saturated heterocycles. The molecule has 0 bridgehead atoms. The molecule has 0 spiro atoms. The van der Waals surface area contributed by atoms with Crippen molar-refractivity contribution in [3.05, 3.63) is 53.2 Å². The Morgan fingerprint density at radius 1 is 1.30 bits per heavy atom. The average Bonchev–Trinajstić information content (AvgIpc) is 2.93. The van der Waals surface area contributed by atoms with Crippen molar-refractivity contribution in [2.45, 2.75) is 23.3 Å². The predicted octanol–water partition coefficient (Wildman–Crippen LogP) is 3.33. The van der Waals surface area contributed by atoms with Crippen molar-refractivity contribution < 1.29 is 5.11 Å². The van der Waals surface area contributed by atoms with Crippen molar-refractivity contribution in [1.82, 2.24) is 14.4 Å². The maximum absolute atomic E-state index is 9.20. The third kappa shape index (κ3) is 2.40. The number of aliphatic hydroxyl groups is 1. The van der Waals surface area contributed by atoms with Gasteiger partial charge in [0.1, 0.15) is 0 Å². The van der Waals surface area contributed by atoms with Crippen molar-refractivity contribution in [2.75, 3.05) is 0 Å². The summed E-state index contributed by atoms with van der Waals surface area (Å²) in [6.07, 6.45) is 7.18. The number of imidazole rings is 1. The Balaban J connectivity index is 2.02. The molecule has 0 radical (unpaired) electrons. The van der Waals surface area contributed by atoms with E-state index in [1.165, 1.54) is 11.8 Å². The molecule has 0 unspecified atom stereocenters. The summed E-state index contributed by atoms with van der Waals surface area (Å²) in [5.41, 5.74) is 2.43. The van der Waals surface area contributed by atoms with Crippen molar-refractivity contribution in [3.63, 3.8) is 0 Å². The van der Waals surface area contributed by atoms with Gasteiger partial charge in [-0.15, -0.1) is 0 Å². The lowest BCUT2D eigenvalue weighted by molar-refractivity contribution is 0.281. The van der Waals surface area contributed by atoms with Crippen molar-refractivity contribution in [2.24, 2.45) is 0 Å². The first-order valence-corrected chi connectivity index (χ1v) is 7.24. The van der Waals surface area contributed by atoms with Crippen LogP contribution >= 0.6 is 23.4 Å². The van der Waals surface area contributed by atoms with Crippen LogP contribution in [0.1, 0.15) is 11.3 Å². The van der Waals surface area contributed by atoms with Gasteiger partial charge < -0.3 is 9.51 Å². The van der Waals surface area contributed by atoms with Crippen molar-refractivity contribution in [1.29, 1.82) is 0 Å². The maximum atomic E-state index is 9.20. The number of fused-ring (bicyclic) bond motifs is 1. The molecule has 0 atom stereocenters. The Bertz CT molecular complexity index is 772. The molecular weight excluding hydrogens is 294 g/mol. The largest absolute Gasteiger partial charge is 0.392 e. The topological polar surface area (TPSA) is 50.4 Å². The monoisotopic (exact) mass is 305 g/mol. The fourth-order valence-electron chi connectivity index (χ4n) is 1.88. The van der Waals surface area contributed by atoms with E-state index in [2.05, 4.69) is 9.97 Å². The third-order valence-electron chi connectivity index (χ3n) is 2.97. The lowest BCUT2D eigenvalue weighted by Gasteiger charge is -2.08. The molecule has 0 aliphatic rings. The summed E-state index contributed by atoms with van der Waals surface area (Å²) in [5, 5.41) is 9.82. The lowest BCUT2D eigenvalue weighted by atomic mass is 10.3. The highest BCUT2D eigenvalue weighted by Crippen LogP contribution is 2.36. The van der Waals surface area contributed by atoms with Crippen LogP contribution in [0.25, 0.3) is 5.65 Å². The highest BCUT2D eigenvalue weighted by Gasteiger charge is 2.10. The number of aromatic nitrogens is 3. The Morgan fingerprint density at radius 2 is 2.15 bits per heavy atom. The van der Waals surface area contributed by atoms with E-state index in [9.17, 15) is 5.11 Å². The standard InChI is InChI=1S/C14H12ClN3OS/c1-9-12(6-10(8-19)7-17-9)20-11-2-4-18-5-3-16-14(18)13(11)15/h2-7,19H,8H2,1H3. The van der Waals surface area contributed by atoms with E-state index in [4.69, 9.17) is 11.6 Å². The quantitative estimate of drug-likeness (QED) is 0.806. The number of pyridine rings is 2. The Labute approximate surface area is 125 Å². The van der Waals surface area contributed by atoms with E-state index < -0.39 is 0 Å². The van der Waals surface area contributed by atoms with Crippen LogP contribution in [0, 0.1) is 6.92 Å². The second kappa shape index (κ2) is 5.44. The molecule has 0 saturated carbocycles. The van der Waals surface area contributed by atoms with E-state index >= 15 is 0 Å². The molecule has 20 heavy (non-hydrogen) atoms. The first kappa shape index (κ1) is 13.4. The Kier molecular flexibility index (Phi) is 3.65. The number of nitrogens with zero attached hydrogens (tertiary/aromatic N) is 3. The first-order valence-electron chi connectivity index (χ1n) is 6.04. The van der Waals surface area contributed by atoms with Crippen LogP contribution in [0.15, 0.2) is 46.7 Å². The lowest BCUT2D eigenvalue weighted by Crippen LogP contribution is -1.92. The number of hydrogen-bond donors (Lipinski definition) is 1. The smallest absolute Gasteiger partial charge is 0.156 e. The molecule has 3 aromatic rings. The van der Waals surface area contributed by atoms with E-state index in [0.717, 1.165) is 26.7 Å². The van der Waals surface area contributed by atoms with E-state index in [1.54, 1.807) is 12.4 Å². The number of halogens is 1. The minimum absolute atomic E-state index is 0.0200. The molecule has 3 rings (SSSR count). The normalized spacial score (nSPS) is 11.2. The predicted molar refractivity (Wildman–Crippen MR) is 79.2 cm³/mol. The summed E-state index contributed by atoms with van der Waals surface area (Å²) in [7, 11) is 0. The van der Waals surface area contributed by atoms with Gasteiger partial charge >= 0.3 is 0 Å². The molecule has 1 N–H and O–H groups in total. The Hall–Kier alpha value is -1.56. The molecule has 0 aliphatic carbocycles. The molecule has 0 aliphatic heterocycles. The first-order chi connectivity index (χ1) is 9.69. The van der Waals surface area contributed by atoms with Crippen LogP contribution in [-0.2, 0) is 6.61 Å². The molecule has 3 aromatic heterocycles. The highest BCUT2D eigenvalue weighted by atomic mass is 35.5. The molecule has 0 fully saturated rings. The summed E-state index contributed by atoms with van der Waals surface area (Å²) >= 11 is 7.91. The fourth-order valence-corrected chi connectivity index (χ4v) is 3.16. The highest BCUT2D eigenvalue weighted by molar-refractivity contribution is 7.99. The average molecular weight is 306 g/mol. The van der Waals surface area contributed by atoms with Crippen molar-refractivity contribution in [3.8, 4) is 0 Å². The summed E-state index contributed by atoms with van der Waals surface area (Å²) < 4.78 is 1.88. The number of aliphatic hydroxyl groups excluding tert-OH is 1. The van der Waals surface area contributed by atoms with Gasteiger partial charge in [0.15, 0.2) is 5.65 Å². The van der Waals surface area contributed by atoms with Gasteiger partial charge in [0, 0.05) is 34.6 Å². The molecule has 6 heteroatoms. The zero-order chi connectivity index (χ0) is 14.1. The molecule has 0 aromatic carbocycles. The summed E-state index contributed by atoms with van der Waals surface area (Å²) in [6.45, 7) is 1.92. The van der Waals surface area contributed by atoms with Gasteiger partial charge in [-0.1, -0.05) is 23.4 Å². The Morgan fingerprint density at radius 3 is 2.95 bits per heavy atom. The number of aryl methyl sites for hydroxylation is 1. The second-order valence-electron chi connectivity index (χ2n) is 4.34. The van der Waals surface area contributed by atoms with E-state index in [0.29, 0.717) is 5.02 Å².